The van der Waals surface area contributed by atoms with Crippen molar-refractivity contribution >= 4 is 24.6 Å². The lowest BCUT2D eigenvalue weighted by atomic mass is 9.88. The van der Waals surface area contributed by atoms with E-state index in [1.54, 1.807) is 0 Å². The van der Waals surface area contributed by atoms with E-state index in [-0.39, 0.29) is 18.1 Å². The normalized spacial score (nSPS) is 25.4. The summed E-state index contributed by atoms with van der Waals surface area (Å²) in [5, 5.41) is 6.63. The minimum Gasteiger partial charge on any atom is -0.387 e. The lowest BCUT2D eigenvalue weighted by Gasteiger charge is -2.33. The molecular weight excluding hydrogens is 378 g/mol. The molecule has 0 amide bonds. The fraction of sp³-hybridized carbons (Fsp3) is 0.208. The highest BCUT2D eigenvalue weighted by molar-refractivity contribution is 6.92. The van der Waals surface area contributed by atoms with Crippen molar-refractivity contribution < 1.29 is 13.7 Å². The van der Waals surface area contributed by atoms with Crippen LogP contribution in [0.1, 0.15) is 18.6 Å². The maximum atomic E-state index is 6.89. The Morgan fingerprint density at radius 3 is 1.93 bits per heavy atom. The minimum atomic E-state index is -2.88. The molecule has 0 unspecified atom stereocenters. The summed E-state index contributed by atoms with van der Waals surface area (Å²) in [4.78, 5) is 5.83. The third-order valence-electron chi connectivity index (χ3n) is 5.71. The summed E-state index contributed by atoms with van der Waals surface area (Å²) in [6, 6.07) is 30.9. The summed E-state index contributed by atoms with van der Waals surface area (Å²) in [6.07, 6.45) is -0.253. The van der Waals surface area contributed by atoms with E-state index in [4.69, 9.17) is 13.7 Å². The third-order valence-corrected chi connectivity index (χ3v) is 9.15. The highest BCUT2D eigenvalue weighted by atomic mass is 28.4. The largest absolute Gasteiger partial charge is 0.407 e. The standard InChI is InChI=1S/C24H23NO3Si/c1-18-23-22(25-27-24(23)19-11-5-2-6-12-19)17-26-29(28-18,20-13-7-3-8-14-20)21-15-9-4-10-16-21/h2-16,18,23-24H,17H2,1H3/t18-,23-,24-/m0/s1. The molecule has 2 heterocycles. The van der Waals surface area contributed by atoms with Gasteiger partial charge in [0.2, 0.25) is 0 Å². The van der Waals surface area contributed by atoms with Gasteiger partial charge < -0.3 is 13.7 Å². The molecule has 29 heavy (non-hydrogen) atoms. The lowest BCUT2D eigenvalue weighted by molar-refractivity contribution is 0.0227. The van der Waals surface area contributed by atoms with Gasteiger partial charge in [-0.05, 0) is 22.9 Å². The van der Waals surface area contributed by atoms with Crippen LogP contribution in [-0.4, -0.2) is 27.0 Å². The molecule has 3 atom stereocenters. The van der Waals surface area contributed by atoms with E-state index in [2.05, 4.69) is 48.5 Å². The van der Waals surface area contributed by atoms with Crippen LogP contribution in [0.15, 0.2) is 96.2 Å². The molecule has 0 bridgehead atoms. The minimum absolute atomic E-state index is 0.0270. The Morgan fingerprint density at radius 1 is 0.793 bits per heavy atom. The molecule has 0 N–H and O–H groups in total. The summed E-state index contributed by atoms with van der Waals surface area (Å²) in [5.41, 5.74) is 2.04. The molecule has 3 aromatic carbocycles. The molecule has 0 saturated carbocycles. The fourth-order valence-corrected chi connectivity index (χ4v) is 7.60. The Bertz CT molecular complexity index is 955. The van der Waals surface area contributed by atoms with Crippen LogP contribution >= 0.6 is 0 Å². The molecule has 2 aliphatic rings. The number of fused-ring (bicyclic) bond motifs is 1. The number of benzene rings is 3. The van der Waals surface area contributed by atoms with Crippen molar-refractivity contribution in [2.24, 2.45) is 11.1 Å². The van der Waals surface area contributed by atoms with Crippen LogP contribution in [0.5, 0.6) is 0 Å². The van der Waals surface area contributed by atoms with Gasteiger partial charge in [-0.2, -0.15) is 0 Å². The SMILES string of the molecule is C[C@@H]1O[Si](c2ccccc2)(c2ccccc2)OCC2=NO[C@@H](c3ccccc3)[C@H]21. The maximum Gasteiger partial charge on any atom is 0.407 e. The van der Waals surface area contributed by atoms with Gasteiger partial charge >= 0.3 is 8.56 Å². The predicted molar refractivity (Wildman–Crippen MR) is 116 cm³/mol. The van der Waals surface area contributed by atoms with Crippen molar-refractivity contribution in [3.05, 3.63) is 96.6 Å². The zero-order chi connectivity index (χ0) is 19.7. The van der Waals surface area contributed by atoms with Gasteiger partial charge in [0.15, 0.2) is 6.10 Å². The van der Waals surface area contributed by atoms with Gasteiger partial charge in [0.1, 0.15) is 0 Å². The maximum absolute atomic E-state index is 6.89. The van der Waals surface area contributed by atoms with Gasteiger partial charge in [0.25, 0.3) is 0 Å². The smallest absolute Gasteiger partial charge is 0.387 e. The van der Waals surface area contributed by atoms with Crippen molar-refractivity contribution in [2.75, 3.05) is 6.61 Å². The Labute approximate surface area is 172 Å². The molecule has 3 aromatic rings. The molecule has 0 aliphatic carbocycles. The van der Waals surface area contributed by atoms with Crippen LogP contribution in [0.25, 0.3) is 0 Å². The molecule has 5 rings (SSSR count). The molecule has 4 nitrogen and oxygen atoms in total. The predicted octanol–water partition coefficient (Wildman–Crippen LogP) is 3.42. The number of oxime groups is 1. The molecule has 0 radical (unpaired) electrons. The zero-order valence-electron chi connectivity index (χ0n) is 16.3. The third kappa shape index (κ3) is 3.21. The van der Waals surface area contributed by atoms with Crippen molar-refractivity contribution in [1.29, 1.82) is 0 Å². The average molecular weight is 402 g/mol. The quantitative estimate of drug-likeness (QED) is 0.632. The van der Waals surface area contributed by atoms with Crippen LogP contribution in [0.3, 0.4) is 0 Å². The number of rotatable bonds is 3. The number of hydrogen-bond donors (Lipinski definition) is 0. The second-order valence-corrected chi connectivity index (χ2v) is 10.4. The van der Waals surface area contributed by atoms with Crippen LogP contribution < -0.4 is 10.4 Å². The van der Waals surface area contributed by atoms with E-state index < -0.39 is 8.56 Å². The first kappa shape index (κ1) is 18.3. The second kappa shape index (κ2) is 7.59. The van der Waals surface area contributed by atoms with Gasteiger partial charge in [0, 0.05) is 0 Å². The topological polar surface area (TPSA) is 40.0 Å². The van der Waals surface area contributed by atoms with Crippen LogP contribution in [0.4, 0.5) is 0 Å². The summed E-state index contributed by atoms with van der Waals surface area (Å²) in [7, 11) is -2.88. The second-order valence-electron chi connectivity index (χ2n) is 7.51. The fourth-order valence-electron chi connectivity index (χ4n) is 4.31. The number of hydrogen-bond acceptors (Lipinski definition) is 4. The highest BCUT2D eigenvalue weighted by Gasteiger charge is 2.52. The van der Waals surface area contributed by atoms with Crippen molar-refractivity contribution in [1.82, 2.24) is 0 Å². The van der Waals surface area contributed by atoms with Crippen molar-refractivity contribution in [2.45, 2.75) is 19.1 Å². The van der Waals surface area contributed by atoms with Crippen molar-refractivity contribution in [3.8, 4) is 0 Å². The van der Waals surface area contributed by atoms with Crippen LogP contribution in [0, 0.1) is 5.92 Å². The first-order valence-corrected chi connectivity index (χ1v) is 11.8. The molecule has 5 heteroatoms. The van der Waals surface area contributed by atoms with Crippen molar-refractivity contribution in [3.63, 3.8) is 0 Å². The summed E-state index contributed by atoms with van der Waals surface area (Å²) >= 11 is 0. The summed E-state index contributed by atoms with van der Waals surface area (Å²) in [6.45, 7) is 2.53. The van der Waals surface area contributed by atoms with Crippen LogP contribution in [-0.2, 0) is 13.7 Å². The van der Waals surface area contributed by atoms with Gasteiger partial charge in [0.05, 0.1) is 24.3 Å². The lowest BCUT2D eigenvalue weighted by Crippen LogP contribution is -2.64. The molecular formula is C24H23NO3Si. The van der Waals surface area contributed by atoms with Gasteiger partial charge in [-0.3, -0.25) is 0 Å². The molecule has 0 aromatic heterocycles. The van der Waals surface area contributed by atoms with Gasteiger partial charge in [-0.1, -0.05) is 96.2 Å². The van der Waals surface area contributed by atoms with E-state index in [0.29, 0.717) is 6.61 Å². The summed E-state index contributed by atoms with van der Waals surface area (Å²) < 4.78 is 13.5. The molecule has 0 spiro atoms. The van der Waals surface area contributed by atoms with E-state index in [0.717, 1.165) is 21.6 Å². The first-order valence-electron chi connectivity index (χ1n) is 9.98. The zero-order valence-corrected chi connectivity index (χ0v) is 17.3. The molecule has 2 aliphatic heterocycles. The molecule has 1 fully saturated rings. The molecule has 146 valence electrons. The van der Waals surface area contributed by atoms with E-state index in [1.807, 2.05) is 54.6 Å². The molecule has 1 saturated heterocycles. The Hall–Kier alpha value is -2.73. The van der Waals surface area contributed by atoms with Gasteiger partial charge in [-0.15, -0.1) is 0 Å². The Kier molecular flexibility index (Phi) is 4.79. The van der Waals surface area contributed by atoms with Crippen LogP contribution in [0.2, 0.25) is 0 Å². The first-order chi connectivity index (χ1) is 14.3. The highest BCUT2D eigenvalue weighted by Crippen LogP contribution is 2.38. The summed E-state index contributed by atoms with van der Waals surface area (Å²) in [5.74, 6) is 0.0270. The van der Waals surface area contributed by atoms with E-state index in [1.165, 1.54) is 0 Å². The average Bonchev–Trinajstić information content (AvgIpc) is 3.16. The van der Waals surface area contributed by atoms with E-state index >= 15 is 0 Å². The van der Waals surface area contributed by atoms with E-state index in [9.17, 15) is 0 Å². The Balaban J connectivity index is 1.57. The van der Waals surface area contributed by atoms with Gasteiger partial charge in [-0.25, -0.2) is 0 Å². The number of nitrogens with zero attached hydrogens (tertiary/aromatic N) is 1. The Morgan fingerprint density at radius 2 is 1.34 bits per heavy atom. The monoisotopic (exact) mass is 401 g/mol.